The summed E-state index contributed by atoms with van der Waals surface area (Å²) in [5.74, 6) is 0. The van der Waals surface area contributed by atoms with Crippen LogP contribution in [0.4, 0.5) is 0 Å². The molecule has 64 valence electrons. The second-order valence-electron chi connectivity index (χ2n) is 3.06. The van der Waals surface area contributed by atoms with Crippen molar-refractivity contribution in [1.29, 1.82) is 0 Å². The van der Waals surface area contributed by atoms with E-state index in [1.54, 1.807) is 0 Å². The van der Waals surface area contributed by atoms with E-state index in [0.29, 0.717) is 6.54 Å². The molecule has 0 amide bonds. The van der Waals surface area contributed by atoms with Crippen molar-refractivity contribution in [3.05, 3.63) is 34.9 Å². The molecule has 2 rings (SSSR count). The SMILES string of the molecule is NCc1cccc2c1CCOC2. The molecular formula is C10H13NO. The van der Waals surface area contributed by atoms with Crippen LogP contribution in [0, 0.1) is 0 Å². The molecular weight excluding hydrogens is 150 g/mol. The molecule has 2 nitrogen and oxygen atoms in total. The summed E-state index contributed by atoms with van der Waals surface area (Å²) in [7, 11) is 0. The Balaban J connectivity index is 2.44. The fraction of sp³-hybridized carbons (Fsp3) is 0.400. The average Bonchev–Trinajstić information content (AvgIpc) is 2.17. The first-order valence-corrected chi connectivity index (χ1v) is 4.29. The molecule has 1 aromatic rings. The maximum Gasteiger partial charge on any atom is 0.0719 e. The molecule has 0 fully saturated rings. The van der Waals surface area contributed by atoms with Gasteiger partial charge in [0, 0.05) is 6.54 Å². The van der Waals surface area contributed by atoms with E-state index in [1.807, 2.05) is 0 Å². The van der Waals surface area contributed by atoms with Gasteiger partial charge in [-0.15, -0.1) is 0 Å². The summed E-state index contributed by atoms with van der Waals surface area (Å²) in [6, 6.07) is 6.27. The number of hydrogen-bond acceptors (Lipinski definition) is 2. The van der Waals surface area contributed by atoms with Gasteiger partial charge in [0.15, 0.2) is 0 Å². The minimum absolute atomic E-state index is 0.642. The number of hydrogen-bond donors (Lipinski definition) is 1. The van der Waals surface area contributed by atoms with Crippen LogP contribution in [0.2, 0.25) is 0 Å². The van der Waals surface area contributed by atoms with E-state index in [4.69, 9.17) is 10.5 Å². The van der Waals surface area contributed by atoms with Crippen LogP contribution in [-0.4, -0.2) is 6.61 Å². The molecule has 0 radical (unpaired) electrons. The Morgan fingerprint density at radius 2 is 2.33 bits per heavy atom. The summed E-state index contributed by atoms with van der Waals surface area (Å²) < 4.78 is 5.35. The van der Waals surface area contributed by atoms with Crippen LogP contribution in [0.5, 0.6) is 0 Å². The van der Waals surface area contributed by atoms with Gasteiger partial charge in [-0.1, -0.05) is 18.2 Å². The highest BCUT2D eigenvalue weighted by atomic mass is 16.5. The maximum absolute atomic E-state index is 5.63. The van der Waals surface area contributed by atoms with E-state index in [-0.39, 0.29) is 0 Å². The molecule has 1 aliphatic heterocycles. The van der Waals surface area contributed by atoms with Crippen molar-refractivity contribution in [1.82, 2.24) is 0 Å². The second kappa shape index (κ2) is 3.25. The third-order valence-corrected chi connectivity index (χ3v) is 2.34. The molecule has 2 N–H and O–H groups in total. The summed E-state index contributed by atoms with van der Waals surface area (Å²) in [4.78, 5) is 0. The first-order valence-electron chi connectivity index (χ1n) is 4.29. The van der Waals surface area contributed by atoms with E-state index in [2.05, 4.69) is 18.2 Å². The zero-order valence-electron chi connectivity index (χ0n) is 7.05. The molecule has 0 bridgehead atoms. The van der Waals surface area contributed by atoms with Crippen molar-refractivity contribution in [2.45, 2.75) is 19.6 Å². The Kier molecular flexibility index (Phi) is 2.11. The third kappa shape index (κ3) is 1.24. The minimum Gasteiger partial charge on any atom is -0.376 e. The van der Waals surface area contributed by atoms with Crippen LogP contribution in [0.15, 0.2) is 18.2 Å². The summed E-state index contributed by atoms with van der Waals surface area (Å²) in [5, 5.41) is 0. The molecule has 0 unspecified atom stereocenters. The molecule has 2 heteroatoms. The van der Waals surface area contributed by atoms with Crippen LogP contribution < -0.4 is 5.73 Å². The number of benzene rings is 1. The number of ether oxygens (including phenoxy) is 1. The predicted molar refractivity (Wildman–Crippen MR) is 47.7 cm³/mol. The zero-order chi connectivity index (χ0) is 8.39. The van der Waals surface area contributed by atoms with Gasteiger partial charge in [0.2, 0.25) is 0 Å². The van der Waals surface area contributed by atoms with Gasteiger partial charge in [0.25, 0.3) is 0 Å². The van der Waals surface area contributed by atoms with Gasteiger partial charge in [-0.25, -0.2) is 0 Å². The fourth-order valence-electron chi connectivity index (χ4n) is 1.69. The van der Waals surface area contributed by atoms with Crippen LogP contribution in [0.1, 0.15) is 16.7 Å². The Labute approximate surface area is 72.3 Å². The Morgan fingerprint density at radius 3 is 3.17 bits per heavy atom. The summed E-state index contributed by atoms with van der Waals surface area (Å²) in [6.45, 7) is 2.23. The first kappa shape index (κ1) is 7.77. The maximum atomic E-state index is 5.63. The monoisotopic (exact) mass is 163 g/mol. The van der Waals surface area contributed by atoms with E-state index in [0.717, 1.165) is 19.6 Å². The lowest BCUT2D eigenvalue weighted by atomic mass is 9.97. The summed E-state index contributed by atoms with van der Waals surface area (Å²) in [6.07, 6.45) is 1.02. The lowest BCUT2D eigenvalue weighted by Gasteiger charge is -2.18. The Morgan fingerprint density at radius 1 is 1.42 bits per heavy atom. The van der Waals surface area contributed by atoms with Crippen LogP contribution in [0.25, 0.3) is 0 Å². The smallest absolute Gasteiger partial charge is 0.0719 e. The zero-order valence-corrected chi connectivity index (χ0v) is 7.05. The molecule has 1 heterocycles. The highest BCUT2D eigenvalue weighted by Gasteiger charge is 2.11. The Bertz CT molecular complexity index is 269. The molecule has 12 heavy (non-hydrogen) atoms. The summed E-state index contributed by atoms with van der Waals surface area (Å²) >= 11 is 0. The predicted octanol–water partition coefficient (Wildman–Crippen LogP) is 1.22. The van der Waals surface area contributed by atoms with Crippen molar-refractivity contribution in [3.63, 3.8) is 0 Å². The normalized spacial score (nSPS) is 15.8. The van der Waals surface area contributed by atoms with E-state index >= 15 is 0 Å². The van der Waals surface area contributed by atoms with Crippen LogP contribution in [-0.2, 0) is 24.3 Å². The standard InChI is InChI=1S/C10H13NO/c11-6-8-2-1-3-9-7-12-5-4-10(8)9/h1-3H,4-7,11H2. The number of nitrogens with two attached hydrogens (primary N) is 1. The first-order chi connectivity index (χ1) is 5.92. The molecule has 0 atom stereocenters. The lowest BCUT2D eigenvalue weighted by molar-refractivity contribution is 0.110. The molecule has 0 saturated carbocycles. The van der Waals surface area contributed by atoms with Crippen molar-refractivity contribution in [3.8, 4) is 0 Å². The van der Waals surface area contributed by atoms with Crippen LogP contribution >= 0.6 is 0 Å². The molecule has 1 aliphatic rings. The quantitative estimate of drug-likeness (QED) is 0.675. The minimum atomic E-state index is 0.642. The number of rotatable bonds is 1. The topological polar surface area (TPSA) is 35.2 Å². The van der Waals surface area contributed by atoms with E-state index < -0.39 is 0 Å². The molecule has 1 aromatic carbocycles. The lowest BCUT2D eigenvalue weighted by Crippen LogP contribution is -2.13. The van der Waals surface area contributed by atoms with Crippen molar-refractivity contribution >= 4 is 0 Å². The van der Waals surface area contributed by atoms with Crippen LogP contribution in [0.3, 0.4) is 0 Å². The van der Waals surface area contributed by atoms with E-state index in [9.17, 15) is 0 Å². The van der Waals surface area contributed by atoms with Gasteiger partial charge < -0.3 is 10.5 Å². The molecule has 0 saturated heterocycles. The second-order valence-corrected chi connectivity index (χ2v) is 3.06. The van der Waals surface area contributed by atoms with E-state index in [1.165, 1.54) is 16.7 Å². The third-order valence-electron chi connectivity index (χ3n) is 2.34. The Hall–Kier alpha value is -0.860. The number of fused-ring (bicyclic) bond motifs is 1. The molecule has 0 aliphatic carbocycles. The van der Waals surface area contributed by atoms with Gasteiger partial charge in [-0.3, -0.25) is 0 Å². The van der Waals surface area contributed by atoms with Crippen molar-refractivity contribution in [2.24, 2.45) is 5.73 Å². The molecule has 0 aromatic heterocycles. The van der Waals surface area contributed by atoms with Gasteiger partial charge in [0.05, 0.1) is 13.2 Å². The van der Waals surface area contributed by atoms with Gasteiger partial charge in [-0.05, 0) is 23.1 Å². The van der Waals surface area contributed by atoms with Crippen molar-refractivity contribution < 1.29 is 4.74 Å². The van der Waals surface area contributed by atoms with Gasteiger partial charge >= 0.3 is 0 Å². The average molecular weight is 163 g/mol. The molecule has 0 spiro atoms. The van der Waals surface area contributed by atoms with Gasteiger partial charge in [-0.2, -0.15) is 0 Å². The highest BCUT2D eigenvalue weighted by molar-refractivity contribution is 5.36. The largest absolute Gasteiger partial charge is 0.376 e. The van der Waals surface area contributed by atoms with Crippen molar-refractivity contribution in [2.75, 3.05) is 6.61 Å². The fourth-order valence-corrected chi connectivity index (χ4v) is 1.69. The highest BCUT2D eigenvalue weighted by Crippen LogP contribution is 2.20. The van der Waals surface area contributed by atoms with Gasteiger partial charge in [0.1, 0.15) is 0 Å². The summed E-state index contributed by atoms with van der Waals surface area (Å²) in [5.41, 5.74) is 9.62.